The molecule has 0 bridgehead atoms. The Balaban J connectivity index is 2.80. The molecule has 0 aliphatic carbocycles. The summed E-state index contributed by atoms with van der Waals surface area (Å²) >= 11 is 0. The molecule has 0 unspecified atom stereocenters. The van der Waals surface area contributed by atoms with Gasteiger partial charge in [-0.3, -0.25) is 10.1 Å². The van der Waals surface area contributed by atoms with Crippen LogP contribution in [0.5, 0.6) is 0 Å². The number of nitrogens with zero attached hydrogens (tertiary/aromatic N) is 2. The second-order valence-corrected chi connectivity index (χ2v) is 1.40. The second kappa shape index (κ2) is 2.64. The maximum Gasteiger partial charge on any atom is 0.302 e. The highest BCUT2D eigenvalue weighted by Gasteiger charge is 1.98. The number of amides is 1. The lowest BCUT2D eigenvalue weighted by molar-refractivity contribution is -0.105. The minimum atomic E-state index is -0.0654. The fourth-order valence-corrected chi connectivity index (χ4v) is 0.451. The first-order chi connectivity index (χ1) is 4.86. The first kappa shape index (κ1) is 6.29. The molecule has 5 heteroatoms. The highest BCUT2D eigenvalue weighted by molar-refractivity contribution is 5.67. The fourth-order valence-electron chi connectivity index (χ4n) is 0.451. The molecule has 1 aromatic rings. The first-order valence-electron chi connectivity index (χ1n) is 2.43. The maximum atomic E-state index is 9.79. The number of oxazole rings is 1. The Labute approximate surface area is 56.3 Å². The van der Waals surface area contributed by atoms with Gasteiger partial charge in [0.25, 0.3) is 0 Å². The molecule has 0 radical (unpaired) electrons. The number of hydrogen-bond acceptors (Lipinski definition) is 4. The Hall–Kier alpha value is -1.83. The molecule has 50 valence electrons. The van der Waals surface area contributed by atoms with E-state index in [1.54, 1.807) is 6.07 Å². The Bertz CT molecular complexity index is 273. The van der Waals surface area contributed by atoms with Crippen molar-refractivity contribution >= 4 is 12.3 Å². The summed E-state index contributed by atoms with van der Waals surface area (Å²) in [5.74, 6) is 0.107. The van der Waals surface area contributed by atoms with Crippen molar-refractivity contribution in [1.82, 2.24) is 4.98 Å². The first-order valence-corrected chi connectivity index (χ1v) is 2.43. The SMILES string of the molecule is N#Cc1ncc(NC=O)o1. The van der Waals surface area contributed by atoms with Gasteiger partial charge in [-0.25, -0.2) is 4.98 Å². The number of anilines is 1. The van der Waals surface area contributed by atoms with E-state index in [9.17, 15) is 4.79 Å². The third kappa shape index (κ3) is 1.11. The topological polar surface area (TPSA) is 78.9 Å². The van der Waals surface area contributed by atoms with Gasteiger partial charge < -0.3 is 4.42 Å². The van der Waals surface area contributed by atoms with Crippen molar-refractivity contribution in [3.8, 4) is 6.07 Å². The Morgan fingerprint density at radius 2 is 2.70 bits per heavy atom. The number of aromatic nitrogens is 1. The standard InChI is InChI=1S/C5H3N3O2/c6-1-4-7-2-5(10-4)8-3-9/h2-3H,(H,8,9). The zero-order chi connectivity index (χ0) is 7.40. The van der Waals surface area contributed by atoms with Crippen molar-refractivity contribution in [2.75, 3.05) is 5.32 Å². The second-order valence-electron chi connectivity index (χ2n) is 1.40. The van der Waals surface area contributed by atoms with Crippen LogP contribution < -0.4 is 5.32 Å². The summed E-state index contributed by atoms with van der Waals surface area (Å²) in [7, 11) is 0. The molecule has 0 spiro atoms. The van der Waals surface area contributed by atoms with Crippen LogP contribution in [0.25, 0.3) is 0 Å². The van der Waals surface area contributed by atoms with Gasteiger partial charge in [-0.15, -0.1) is 0 Å². The van der Waals surface area contributed by atoms with E-state index in [1.165, 1.54) is 6.20 Å². The number of rotatable bonds is 2. The molecule has 1 heterocycles. The Kier molecular flexibility index (Phi) is 1.66. The third-order valence-electron chi connectivity index (χ3n) is 0.803. The molecule has 0 fully saturated rings. The molecule has 1 rings (SSSR count). The molecule has 0 atom stereocenters. The number of carbonyl (C=O) groups excluding carboxylic acids is 1. The zero-order valence-electron chi connectivity index (χ0n) is 4.87. The summed E-state index contributed by atoms with van der Waals surface area (Å²) in [5, 5.41) is 10.4. The predicted molar refractivity (Wildman–Crippen MR) is 30.9 cm³/mol. The fraction of sp³-hybridized carbons (Fsp3) is 0. The average Bonchev–Trinajstić information content (AvgIpc) is 2.37. The molecule has 1 aromatic heterocycles. The summed E-state index contributed by atoms with van der Waals surface area (Å²) in [4.78, 5) is 13.3. The van der Waals surface area contributed by atoms with Crippen LogP contribution in [0.1, 0.15) is 5.89 Å². The minimum absolute atomic E-state index is 0.0654. The van der Waals surface area contributed by atoms with E-state index in [0.717, 1.165) is 0 Å². The third-order valence-corrected chi connectivity index (χ3v) is 0.803. The van der Waals surface area contributed by atoms with Crippen molar-refractivity contribution in [1.29, 1.82) is 5.26 Å². The van der Waals surface area contributed by atoms with Crippen molar-refractivity contribution in [2.24, 2.45) is 0 Å². The highest BCUT2D eigenvalue weighted by Crippen LogP contribution is 2.06. The maximum absolute atomic E-state index is 9.79. The van der Waals surface area contributed by atoms with Crippen molar-refractivity contribution < 1.29 is 9.21 Å². The van der Waals surface area contributed by atoms with Crippen LogP contribution in [0.4, 0.5) is 5.88 Å². The van der Waals surface area contributed by atoms with Gasteiger partial charge in [0.15, 0.2) is 6.07 Å². The van der Waals surface area contributed by atoms with E-state index >= 15 is 0 Å². The molecular formula is C5H3N3O2. The van der Waals surface area contributed by atoms with Gasteiger partial charge in [0, 0.05) is 0 Å². The number of nitrogens with one attached hydrogen (secondary N) is 1. The van der Waals surface area contributed by atoms with Gasteiger partial charge in [0.1, 0.15) is 0 Å². The zero-order valence-corrected chi connectivity index (χ0v) is 4.87. The summed E-state index contributed by atoms with van der Waals surface area (Å²) in [6.07, 6.45) is 1.70. The molecule has 0 aliphatic rings. The van der Waals surface area contributed by atoms with E-state index in [2.05, 4.69) is 14.7 Å². The summed E-state index contributed by atoms with van der Waals surface area (Å²) in [6.45, 7) is 0. The smallest absolute Gasteiger partial charge is 0.302 e. The summed E-state index contributed by atoms with van der Waals surface area (Å²) in [5.41, 5.74) is 0. The van der Waals surface area contributed by atoms with Crippen LogP contribution >= 0.6 is 0 Å². The van der Waals surface area contributed by atoms with Crippen molar-refractivity contribution in [2.45, 2.75) is 0 Å². The monoisotopic (exact) mass is 137 g/mol. The van der Waals surface area contributed by atoms with Crippen LogP contribution in [0, 0.1) is 11.3 Å². The molecule has 1 N–H and O–H groups in total. The highest BCUT2D eigenvalue weighted by atomic mass is 16.4. The van der Waals surface area contributed by atoms with Gasteiger partial charge >= 0.3 is 5.89 Å². The summed E-state index contributed by atoms with van der Waals surface area (Å²) < 4.78 is 4.66. The van der Waals surface area contributed by atoms with E-state index in [4.69, 9.17) is 5.26 Å². The Morgan fingerprint density at radius 1 is 1.90 bits per heavy atom. The van der Waals surface area contributed by atoms with E-state index in [1.807, 2.05) is 0 Å². The van der Waals surface area contributed by atoms with Crippen molar-refractivity contribution in [3.63, 3.8) is 0 Å². The summed E-state index contributed by atoms with van der Waals surface area (Å²) in [6, 6.07) is 1.67. The van der Waals surface area contributed by atoms with E-state index in [-0.39, 0.29) is 11.8 Å². The van der Waals surface area contributed by atoms with Crippen LogP contribution in [-0.2, 0) is 4.79 Å². The molecule has 5 nitrogen and oxygen atoms in total. The molecule has 0 aromatic carbocycles. The lowest BCUT2D eigenvalue weighted by atomic mass is 10.8. The lowest BCUT2D eigenvalue weighted by Gasteiger charge is -1.83. The molecule has 0 saturated carbocycles. The minimum Gasteiger partial charge on any atom is -0.412 e. The van der Waals surface area contributed by atoms with Gasteiger partial charge in [-0.05, 0) is 0 Å². The molecule has 0 aliphatic heterocycles. The van der Waals surface area contributed by atoms with Gasteiger partial charge in [0.2, 0.25) is 12.3 Å². The quantitative estimate of drug-likeness (QED) is 0.587. The van der Waals surface area contributed by atoms with Crippen LogP contribution in [-0.4, -0.2) is 11.4 Å². The largest absolute Gasteiger partial charge is 0.412 e. The van der Waals surface area contributed by atoms with Gasteiger partial charge in [-0.1, -0.05) is 0 Å². The van der Waals surface area contributed by atoms with Gasteiger partial charge in [-0.2, -0.15) is 5.26 Å². The van der Waals surface area contributed by atoms with Crippen LogP contribution in [0.2, 0.25) is 0 Å². The lowest BCUT2D eigenvalue weighted by Crippen LogP contribution is -1.89. The molecular weight excluding hydrogens is 134 g/mol. The number of hydrogen-bond donors (Lipinski definition) is 1. The van der Waals surface area contributed by atoms with E-state index < -0.39 is 0 Å². The molecule has 10 heavy (non-hydrogen) atoms. The molecule has 1 amide bonds. The normalized spacial score (nSPS) is 8.30. The predicted octanol–water partition coefficient (Wildman–Crippen LogP) is 0.115. The Morgan fingerprint density at radius 3 is 3.20 bits per heavy atom. The van der Waals surface area contributed by atoms with E-state index in [0.29, 0.717) is 6.41 Å². The van der Waals surface area contributed by atoms with Crippen LogP contribution in [0.3, 0.4) is 0 Å². The number of nitriles is 1. The van der Waals surface area contributed by atoms with Crippen LogP contribution in [0.15, 0.2) is 10.6 Å². The molecule has 0 saturated heterocycles. The van der Waals surface area contributed by atoms with Crippen molar-refractivity contribution in [3.05, 3.63) is 12.1 Å². The average molecular weight is 137 g/mol. The van der Waals surface area contributed by atoms with Gasteiger partial charge in [0.05, 0.1) is 6.20 Å². The number of carbonyl (C=O) groups is 1.